The first-order chi connectivity index (χ1) is 16.9. The topological polar surface area (TPSA) is 39.1 Å². The van der Waals surface area contributed by atoms with Crippen molar-refractivity contribution < 1.29 is 9.18 Å². The third kappa shape index (κ3) is 4.16. The van der Waals surface area contributed by atoms with Gasteiger partial charge in [-0.05, 0) is 89.0 Å². The Morgan fingerprint density at radius 2 is 1.80 bits per heavy atom. The number of hydrogen-bond acceptors (Lipinski definition) is 3. The van der Waals surface area contributed by atoms with E-state index in [4.69, 9.17) is 0 Å². The van der Waals surface area contributed by atoms with Crippen LogP contribution in [0.1, 0.15) is 56.1 Å². The molecule has 1 saturated heterocycles. The summed E-state index contributed by atoms with van der Waals surface area (Å²) in [5.41, 5.74) is 2.39. The molecular weight excluding hydrogens is 439 g/mol. The summed E-state index contributed by atoms with van der Waals surface area (Å²) in [4.78, 5) is 24.2. The zero-order valence-corrected chi connectivity index (χ0v) is 21.0. The van der Waals surface area contributed by atoms with Crippen LogP contribution in [0, 0.1) is 11.7 Å². The van der Waals surface area contributed by atoms with E-state index in [1.807, 2.05) is 4.90 Å². The van der Waals surface area contributed by atoms with E-state index in [1.165, 1.54) is 30.9 Å². The van der Waals surface area contributed by atoms with Gasteiger partial charge in [0.15, 0.2) is 0 Å². The van der Waals surface area contributed by atoms with Gasteiger partial charge in [-0.1, -0.05) is 36.8 Å². The largest absolute Gasteiger partial charge is 0.325 e. The monoisotopic (exact) mass is 476 g/mol. The van der Waals surface area contributed by atoms with Gasteiger partial charge in [0.1, 0.15) is 5.82 Å². The molecule has 1 spiro atoms. The fourth-order valence-electron chi connectivity index (χ4n) is 6.47. The van der Waals surface area contributed by atoms with Gasteiger partial charge in [-0.3, -0.25) is 14.8 Å². The molecule has 0 atom stereocenters. The molecular formula is C29H37FN4O. The van der Waals surface area contributed by atoms with Gasteiger partial charge in [0.05, 0.1) is 18.6 Å². The lowest BCUT2D eigenvalue weighted by molar-refractivity contribution is 0.0172. The number of nitrogens with zero attached hydrogens (tertiary/aromatic N) is 4. The van der Waals surface area contributed by atoms with Gasteiger partial charge in [-0.2, -0.15) is 0 Å². The highest BCUT2D eigenvalue weighted by atomic mass is 19.1. The molecule has 2 amide bonds. The minimum Gasteiger partial charge on any atom is -0.317 e. The predicted molar refractivity (Wildman–Crippen MR) is 139 cm³/mol. The molecule has 0 N–H and O–H groups in total. The number of carbonyl (C=O) groups is 1. The predicted octanol–water partition coefficient (Wildman–Crippen LogP) is 5.84. The van der Waals surface area contributed by atoms with Crippen molar-refractivity contribution >= 4 is 18.4 Å². The Balaban J connectivity index is 1.46. The highest BCUT2D eigenvalue weighted by Crippen LogP contribution is 2.50. The lowest BCUT2D eigenvalue weighted by Crippen LogP contribution is -2.56. The minimum atomic E-state index is -0.301. The number of halogens is 1. The summed E-state index contributed by atoms with van der Waals surface area (Å²) < 4.78 is 14.3. The fraction of sp³-hybridized carbons (Fsp3) is 0.517. The molecule has 186 valence electrons. The van der Waals surface area contributed by atoms with E-state index in [-0.39, 0.29) is 29.5 Å². The van der Waals surface area contributed by atoms with Crippen LogP contribution in [0.25, 0.3) is 0 Å². The fourth-order valence-corrected chi connectivity index (χ4v) is 6.47. The van der Waals surface area contributed by atoms with Crippen molar-refractivity contribution in [3.05, 3.63) is 65.5 Å². The normalized spacial score (nSPS) is 27.0. The number of urea groups is 1. The van der Waals surface area contributed by atoms with Gasteiger partial charge < -0.3 is 4.90 Å². The SMILES string of the molecule is C=NCc1cc(N2CC3(CCC(c4ccccc4)(N(C)C)CC3)N(CC3CCC3)C2=O)ccc1F. The van der Waals surface area contributed by atoms with Crippen LogP contribution in [-0.2, 0) is 12.1 Å². The molecule has 1 aliphatic heterocycles. The van der Waals surface area contributed by atoms with Crippen LogP contribution < -0.4 is 4.90 Å². The molecule has 6 heteroatoms. The summed E-state index contributed by atoms with van der Waals surface area (Å²) in [7, 11) is 4.35. The molecule has 1 heterocycles. The molecule has 35 heavy (non-hydrogen) atoms. The Bertz CT molecular complexity index is 1070. The lowest BCUT2D eigenvalue weighted by atomic mass is 9.68. The highest BCUT2D eigenvalue weighted by molar-refractivity contribution is 5.95. The van der Waals surface area contributed by atoms with Gasteiger partial charge in [0.2, 0.25) is 0 Å². The molecule has 2 aromatic rings. The van der Waals surface area contributed by atoms with Crippen LogP contribution in [0.3, 0.4) is 0 Å². The number of anilines is 1. The van der Waals surface area contributed by atoms with E-state index < -0.39 is 0 Å². The minimum absolute atomic E-state index is 0.0240. The van der Waals surface area contributed by atoms with Crippen molar-refractivity contribution in [1.82, 2.24) is 9.80 Å². The zero-order chi connectivity index (χ0) is 24.6. The third-order valence-corrected chi connectivity index (χ3v) is 8.95. The second kappa shape index (κ2) is 9.38. The Morgan fingerprint density at radius 3 is 2.40 bits per heavy atom. The zero-order valence-electron chi connectivity index (χ0n) is 21.0. The van der Waals surface area contributed by atoms with Gasteiger partial charge in [-0.15, -0.1) is 0 Å². The van der Waals surface area contributed by atoms with Gasteiger partial charge in [0, 0.05) is 23.3 Å². The van der Waals surface area contributed by atoms with Crippen molar-refractivity contribution in [2.24, 2.45) is 10.9 Å². The van der Waals surface area contributed by atoms with Gasteiger partial charge >= 0.3 is 6.03 Å². The van der Waals surface area contributed by atoms with Gasteiger partial charge in [0.25, 0.3) is 0 Å². The van der Waals surface area contributed by atoms with Gasteiger partial charge in [-0.25, -0.2) is 9.18 Å². The smallest absolute Gasteiger partial charge is 0.317 e. The van der Waals surface area contributed by atoms with Crippen LogP contribution in [0.5, 0.6) is 0 Å². The van der Waals surface area contributed by atoms with Crippen LogP contribution in [0.15, 0.2) is 53.5 Å². The first-order valence-electron chi connectivity index (χ1n) is 12.9. The molecule has 3 fully saturated rings. The number of amides is 2. The second-order valence-electron chi connectivity index (χ2n) is 11.0. The summed E-state index contributed by atoms with van der Waals surface area (Å²) in [5, 5.41) is 0. The maximum Gasteiger partial charge on any atom is 0.325 e. The third-order valence-electron chi connectivity index (χ3n) is 8.95. The summed E-state index contributed by atoms with van der Waals surface area (Å²) in [6.07, 6.45) is 7.59. The average molecular weight is 477 g/mol. The number of rotatable bonds is 7. The van der Waals surface area contributed by atoms with Crippen molar-refractivity contribution in [3.8, 4) is 0 Å². The van der Waals surface area contributed by atoms with Crippen molar-refractivity contribution in [3.63, 3.8) is 0 Å². The second-order valence-corrected chi connectivity index (χ2v) is 11.0. The van der Waals surface area contributed by atoms with Crippen LogP contribution in [0.4, 0.5) is 14.9 Å². The quantitative estimate of drug-likeness (QED) is 0.471. The van der Waals surface area contributed by atoms with Crippen LogP contribution in [0.2, 0.25) is 0 Å². The molecule has 2 aromatic carbocycles. The van der Waals surface area contributed by atoms with Crippen molar-refractivity contribution in [2.75, 3.05) is 32.1 Å². The molecule has 2 saturated carbocycles. The number of carbonyl (C=O) groups excluding carboxylic acids is 1. The average Bonchev–Trinajstić information content (AvgIpc) is 3.10. The maximum atomic E-state index is 14.3. The molecule has 0 unspecified atom stereocenters. The van der Waals surface area contributed by atoms with E-state index in [1.54, 1.807) is 12.1 Å². The molecule has 3 aliphatic rings. The van der Waals surface area contributed by atoms with E-state index in [9.17, 15) is 9.18 Å². The van der Waals surface area contributed by atoms with Crippen LogP contribution in [-0.4, -0.2) is 55.3 Å². The number of aliphatic imine (C=N–C) groups is 1. The van der Waals surface area contributed by atoms with E-state index in [0.29, 0.717) is 18.0 Å². The van der Waals surface area contributed by atoms with E-state index in [0.717, 1.165) is 37.9 Å². The standard InChI is InChI=1S/C29H37FN4O/c1-31-19-23-18-25(12-13-26(23)30)33-21-28(34(27(33)35)20-22-8-7-9-22)14-16-29(17-15-28,32(2)3)24-10-5-4-6-11-24/h4-6,10-13,18,22H,1,7-9,14-17,19-21H2,2-3H3. The Hall–Kier alpha value is -2.73. The molecule has 0 radical (unpaired) electrons. The molecule has 0 aromatic heterocycles. The van der Waals surface area contributed by atoms with Crippen molar-refractivity contribution in [1.29, 1.82) is 0 Å². The molecule has 2 aliphatic carbocycles. The lowest BCUT2D eigenvalue weighted by Gasteiger charge is -2.51. The van der Waals surface area contributed by atoms with E-state index >= 15 is 0 Å². The van der Waals surface area contributed by atoms with E-state index in [2.05, 4.69) is 65.9 Å². The summed E-state index contributed by atoms with van der Waals surface area (Å²) in [6, 6.07) is 15.8. The first kappa shape index (κ1) is 24.0. The Kier molecular flexibility index (Phi) is 6.43. The summed E-state index contributed by atoms with van der Waals surface area (Å²) in [5.74, 6) is 0.296. The summed E-state index contributed by atoms with van der Waals surface area (Å²) >= 11 is 0. The highest BCUT2D eigenvalue weighted by Gasteiger charge is 2.55. The summed E-state index contributed by atoms with van der Waals surface area (Å²) in [6.45, 7) is 5.21. The number of benzene rings is 2. The molecule has 5 nitrogen and oxygen atoms in total. The number of hydrogen-bond donors (Lipinski definition) is 0. The van der Waals surface area contributed by atoms with Crippen LogP contribution >= 0.6 is 0 Å². The Morgan fingerprint density at radius 1 is 1.09 bits per heavy atom. The molecule has 5 rings (SSSR count). The molecule has 0 bridgehead atoms. The first-order valence-corrected chi connectivity index (χ1v) is 12.9. The Labute approximate surface area is 208 Å². The maximum absolute atomic E-state index is 14.3. The van der Waals surface area contributed by atoms with Crippen molar-refractivity contribution in [2.45, 2.75) is 62.6 Å².